The molecule has 2 aromatic rings. The average Bonchev–Trinajstić information content (AvgIpc) is 2.65. The Hall–Kier alpha value is -1.12. The van der Waals surface area contributed by atoms with Gasteiger partial charge in [0.05, 0.1) is 0 Å². The Morgan fingerprint density at radius 3 is 1.38 bits per heavy atom. The van der Waals surface area contributed by atoms with E-state index in [1.807, 2.05) is 48.6 Å². The van der Waals surface area contributed by atoms with Crippen molar-refractivity contribution >= 4 is 29.9 Å². The van der Waals surface area contributed by atoms with Gasteiger partial charge in [-0.2, -0.15) is 0 Å². The summed E-state index contributed by atoms with van der Waals surface area (Å²) in [6.07, 6.45) is 4.00. The Labute approximate surface area is 156 Å². The van der Waals surface area contributed by atoms with Crippen molar-refractivity contribution in [3.63, 3.8) is 0 Å². The van der Waals surface area contributed by atoms with Crippen LogP contribution in [0.15, 0.2) is 81.8 Å². The molecule has 0 saturated carbocycles. The molecule has 0 saturated heterocycles. The molecule has 0 radical (unpaired) electrons. The van der Waals surface area contributed by atoms with Crippen molar-refractivity contribution in [2.45, 2.75) is 10.6 Å². The van der Waals surface area contributed by atoms with Crippen molar-refractivity contribution in [2.75, 3.05) is 13.2 Å². The number of hydrogen-bond donors (Lipinski definition) is 2. The zero-order valence-corrected chi connectivity index (χ0v) is 16.9. The van der Waals surface area contributed by atoms with E-state index >= 15 is 0 Å². The molecule has 0 aromatic heterocycles. The van der Waals surface area contributed by atoms with Crippen LogP contribution in [0.3, 0.4) is 0 Å². The minimum absolute atomic E-state index is 0.0910. The van der Waals surface area contributed by atoms with E-state index in [-0.39, 0.29) is 43.1 Å². The standard InChI is InChI=1S/C20H22O2Se2/c21-13-19(23-15-17-7-3-1-4-8-17)11-12-20(14-22)24-16-18-9-5-2-6-10-18/h1-12,21-22H,13-16H2/b19-11-,20-12-. The topological polar surface area (TPSA) is 40.5 Å². The Morgan fingerprint density at radius 1 is 0.667 bits per heavy atom. The second kappa shape index (κ2) is 11.4. The fourth-order valence-electron chi connectivity index (χ4n) is 1.98. The van der Waals surface area contributed by atoms with Gasteiger partial charge in [-0.3, -0.25) is 0 Å². The summed E-state index contributed by atoms with van der Waals surface area (Å²) in [5.41, 5.74) is 2.60. The number of rotatable bonds is 9. The van der Waals surface area contributed by atoms with Crippen LogP contribution in [0.4, 0.5) is 0 Å². The Bertz CT molecular complexity index is 592. The summed E-state index contributed by atoms with van der Waals surface area (Å²) in [5.74, 6) is 0. The molecule has 0 aliphatic heterocycles. The molecule has 4 heteroatoms. The summed E-state index contributed by atoms with van der Waals surface area (Å²) in [4.78, 5) is 0. The maximum atomic E-state index is 9.56. The number of aliphatic hydroxyl groups excluding tert-OH is 2. The third kappa shape index (κ3) is 7.19. The summed E-state index contributed by atoms with van der Waals surface area (Å²) in [6, 6.07) is 20.7. The molecule has 2 nitrogen and oxygen atoms in total. The fraction of sp³-hybridized carbons (Fsp3) is 0.200. The molecule has 0 atom stereocenters. The van der Waals surface area contributed by atoms with Gasteiger partial charge in [0.15, 0.2) is 0 Å². The normalized spacial score (nSPS) is 12.4. The SMILES string of the molecule is OC/C(=C/C=C(/CO)[Se]Cc1ccccc1)[Se]Cc1ccccc1. The van der Waals surface area contributed by atoms with E-state index in [4.69, 9.17) is 0 Å². The Kier molecular flexibility index (Phi) is 9.15. The summed E-state index contributed by atoms with van der Waals surface area (Å²) in [7, 11) is 0. The van der Waals surface area contributed by atoms with Crippen molar-refractivity contribution in [3.05, 3.63) is 92.9 Å². The molecule has 2 aromatic carbocycles. The van der Waals surface area contributed by atoms with E-state index < -0.39 is 0 Å². The average molecular weight is 452 g/mol. The quantitative estimate of drug-likeness (QED) is 0.454. The van der Waals surface area contributed by atoms with Crippen LogP contribution in [0.2, 0.25) is 0 Å². The van der Waals surface area contributed by atoms with Crippen LogP contribution in [-0.4, -0.2) is 53.3 Å². The van der Waals surface area contributed by atoms with Crippen molar-refractivity contribution in [1.29, 1.82) is 0 Å². The third-order valence-corrected chi connectivity index (χ3v) is 7.97. The van der Waals surface area contributed by atoms with E-state index in [1.54, 1.807) is 0 Å². The number of allylic oxidation sites excluding steroid dienone is 2. The molecule has 0 amide bonds. The van der Waals surface area contributed by atoms with Crippen molar-refractivity contribution in [1.82, 2.24) is 0 Å². The minimum atomic E-state index is 0.0910. The van der Waals surface area contributed by atoms with Gasteiger partial charge in [0.2, 0.25) is 0 Å². The predicted molar refractivity (Wildman–Crippen MR) is 102 cm³/mol. The Balaban J connectivity index is 1.90. The van der Waals surface area contributed by atoms with Crippen LogP contribution in [0.1, 0.15) is 11.1 Å². The summed E-state index contributed by atoms with van der Waals surface area (Å²) in [6.45, 7) is 0.182. The van der Waals surface area contributed by atoms with E-state index in [1.165, 1.54) is 11.1 Å². The first-order valence-corrected chi connectivity index (χ1v) is 11.9. The zero-order chi connectivity index (χ0) is 17.0. The molecule has 2 N–H and O–H groups in total. The van der Waals surface area contributed by atoms with Gasteiger partial charge in [0.1, 0.15) is 0 Å². The summed E-state index contributed by atoms with van der Waals surface area (Å²) < 4.78 is 2.13. The molecular formula is C20H22O2Se2. The molecule has 0 heterocycles. The summed E-state index contributed by atoms with van der Waals surface area (Å²) in [5, 5.41) is 21.1. The van der Waals surface area contributed by atoms with Crippen LogP contribution in [-0.2, 0) is 10.6 Å². The van der Waals surface area contributed by atoms with E-state index in [2.05, 4.69) is 24.3 Å². The molecule has 24 heavy (non-hydrogen) atoms. The van der Waals surface area contributed by atoms with Crippen LogP contribution >= 0.6 is 0 Å². The number of aliphatic hydroxyl groups is 2. The van der Waals surface area contributed by atoms with Gasteiger partial charge in [0.25, 0.3) is 0 Å². The van der Waals surface area contributed by atoms with Gasteiger partial charge in [-0.05, 0) is 0 Å². The fourth-order valence-corrected chi connectivity index (χ4v) is 5.34. The first kappa shape index (κ1) is 19.2. The van der Waals surface area contributed by atoms with E-state index in [0.717, 1.165) is 19.6 Å². The second-order valence-corrected chi connectivity index (χ2v) is 9.75. The van der Waals surface area contributed by atoms with E-state index in [9.17, 15) is 10.2 Å². The molecule has 0 aliphatic carbocycles. The molecule has 126 valence electrons. The van der Waals surface area contributed by atoms with Crippen LogP contribution in [0.5, 0.6) is 0 Å². The molecule has 0 fully saturated rings. The second-order valence-electron chi connectivity index (χ2n) is 5.13. The number of benzene rings is 2. The van der Waals surface area contributed by atoms with Crippen LogP contribution in [0.25, 0.3) is 0 Å². The molecule has 0 bridgehead atoms. The van der Waals surface area contributed by atoms with Gasteiger partial charge in [-0.15, -0.1) is 0 Å². The van der Waals surface area contributed by atoms with Crippen LogP contribution < -0.4 is 0 Å². The molecule has 0 unspecified atom stereocenters. The van der Waals surface area contributed by atoms with Crippen molar-refractivity contribution < 1.29 is 10.2 Å². The van der Waals surface area contributed by atoms with Gasteiger partial charge < -0.3 is 0 Å². The van der Waals surface area contributed by atoms with Crippen molar-refractivity contribution in [2.24, 2.45) is 0 Å². The molecular weight excluding hydrogens is 430 g/mol. The first-order valence-electron chi connectivity index (χ1n) is 7.76. The monoisotopic (exact) mass is 454 g/mol. The number of hydrogen-bond acceptors (Lipinski definition) is 2. The molecule has 2 rings (SSSR count). The van der Waals surface area contributed by atoms with Crippen molar-refractivity contribution in [3.8, 4) is 0 Å². The zero-order valence-electron chi connectivity index (χ0n) is 13.5. The summed E-state index contributed by atoms with van der Waals surface area (Å²) >= 11 is 0.471. The molecule has 0 aliphatic rings. The van der Waals surface area contributed by atoms with Gasteiger partial charge in [0, 0.05) is 0 Å². The predicted octanol–water partition coefficient (Wildman–Crippen LogP) is 2.55. The van der Waals surface area contributed by atoms with Gasteiger partial charge in [-0.1, -0.05) is 0 Å². The Morgan fingerprint density at radius 2 is 1.04 bits per heavy atom. The van der Waals surface area contributed by atoms with Gasteiger partial charge >= 0.3 is 157 Å². The van der Waals surface area contributed by atoms with Gasteiger partial charge in [-0.25, -0.2) is 0 Å². The third-order valence-electron chi connectivity index (χ3n) is 3.30. The first-order chi connectivity index (χ1) is 11.8. The maximum absolute atomic E-state index is 9.56. The van der Waals surface area contributed by atoms with E-state index in [0.29, 0.717) is 0 Å². The van der Waals surface area contributed by atoms with Crippen LogP contribution in [0, 0.1) is 0 Å². The molecule has 0 spiro atoms.